The van der Waals surface area contributed by atoms with Crippen molar-refractivity contribution in [2.45, 2.75) is 34.6 Å². The summed E-state index contributed by atoms with van der Waals surface area (Å²) in [6.07, 6.45) is 4.39. The van der Waals surface area contributed by atoms with E-state index in [-0.39, 0.29) is 5.41 Å². The van der Waals surface area contributed by atoms with Gasteiger partial charge in [-0.25, -0.2) is 0 Å². The highest BCUT2D eigenvalue weighted by atomic mass is 14.1. The molecule has 0 aromatic heterocycles. The van der Waals surface area contributed by atoms with Gasteiger partial charge < -0.3 is 0 Å². The molecule has 0 heteroatoms. The second-order valence-electron chi connectivity index (χ2n) is 6.19. The Kier molecular flexibility index (Phi) is 6.24. The molecule has 0 saturated heterocycles. The molecule has 0 amide bonds. The van der Waals surface area contributed by atoms with Crippen molar-refractivity contribution in [3.8, 4) is 0 Å². The molecule has 0 heterocycles. The lowest BCUT2D eigenvalue weighted by atomic mass is 9.95. The van der Waals surface area contributed by atoms with Crippen molar-refractivity contribution in [3.05, 3.63) is 77.4 Å². The molecule has 0 bridgehead atoms. The van der Waals surface area contributed by atoms with Gasteiger partial charge >= 0.3 is 0 Å². The van der Waals surface area contributed by atoms with Crippen molar-refractivity contribution < 1.29 is 0 Å². The summed E-state index contributed by atoms with van der Waals surface area (Å²) in [5.41, 5.74) is 4.28. The normalized spacial score (nSPS) is 11.1. The van der Waals surface area contributed by atoms with E-state index in [4.69, 9.17) is 0 Å². The van der Waals surface area contributed by atoms with Gasteiger partial charge in [0.15, 0.2) is 0 Å². The lowest BCUT2D eigenvalue weighted by Gasteiger charge is -2.10. The average Bonchev–Trinajstić information content (AvgIpc) is 2.41. The van der Waals surface area contributed by atoms with Crippen LogP contribution in [0.3, 0.4) is 0 Å². The molecule has 0 N–H and O–H groups in total. The van der Waals surface area contributed by atoms with Gasteiger partial charge in [-0.2, -0.15) is 0 Å². The van der Waals surface area contributed by atoms with Crippen molar-refractivity contribution >= 4 is 6.08 Å². The lowest BCUT2D eigenvalue weighted by molar-refractivity contribution is 0.547. The van der Waals surface area contributed by atoms with E-state index in [9.17, 15) is 0 Å². The van der Waals surface area contributed by atoms with Crippen molar-refractivity contribution in [1.82, 2.24) is 0 Å². The second kappa shape index (κ2) is 7.69. The molecule has 0 fully saturated rings. The topological polar surface area (TPSA) is 0 Å². The fraction of sp³-hybridized carbons (Fsp3) is 0.300. The monoisotopic (exact) mass is 266 g/mol. The Balaban J connectivity index is 0.000000217. The quantitative estimate of drug-likeness (QED) is 0.589. The summed E-state index contributed by atoms with van der Waals surface area (Å²) in [5.74, 6) is 0. The number of aryl methyl sites for hydroxylation is 2. The average molecular weight is 266 g/mol. The first-order valence-electron chi connectivity index (χ1n) is 7.15. The predicted molar refractivity (Wildman–Crippen MR) is 90.8 cm³/mol. The Morgan fingerprint density at radius 1 is 0.700 bits per heavy atom. The Morgan fingerprint density at radius 3 is 1.55 bits per heavy atom. The van der Waals surface area contributed by atoms with Gasteiger partial charge in [-0.1, -0.05) is 87.5 Å². The summed E-state index contributed by atoms with van der Waals surface area (Å²) in [7, 11) is 0. The molecule has 2 aromatic carbocycles. The molecule has 2 rings (SSSR count). The fourth-order valence-electron chi connectivity index (χ4n) is 1.57. The molecule has 0 radical (unpaired) electrons. The minimum Gasteiger partial charge on any atom is -0.0785 e. The van der Waals surface area contributed by atoms with E-state index < -0.39 is 0 Å². The first-order chi connectivity index (χ1) is 9.38. The fourth-order valence-corrected chi connectivity index (χ4v) is 1.57. The van der Waals surface area contributed by atoms with E-state index in [1.54, 1.807) is 0 Å². The molecule has 0 saturated carbocycles. The third-order valence-corrected chi connectivity index (χ3v) is 3.00. The zero-order valence-corrected chi connectivity index (χ0v) is 13.4. The first-order valence-corrected chi connectivity index (χ1v) is 7.15. The summed E-state index contributed by atoms with van der Waals surface area (Å²) in [6, 6.07) is 18.7. The van der Waals surface area contributed by atoms with Crippen LogP contribution < -0.4 is 0 Å². The molecule has 106 valence electrons. The summed E-state index contributed by atoms with van der Waals surface area (Å²) in [5, 5.41) is 0. The second-order valence-corrected chi connectivity index (χ2v) is 6.19. The highest BCUT2D eigenvalue weighted by molar-refractivity contribution is 5.49. The molecule has 0 aliphatic carbocycles. The van der Waals surface area contributed by atoms with E-state index in [1.165, 1.54) is 16.7 Å². The number of benzene rings is 2. The zero-order valence-electron chi connectivity index (χ0n) is 13.4. The van der Waals surface area contributed by atoms with Gasteiger partial charge in [-0.3, -0.25) is 0 Å². The molecule has 0 aliphatic rings. The Bertz CT molecular complexity index is 506. The van der Waals surface area contributed by atoms with Crippen molar-refractivity contribution in [2.75, 3.05) is 0 Å². The maximum atomic E-state index is 2.22. The van der Waals surface area contributed by atoms with Crippen LogP contribution in [0.5, 0.6) is 0 Å². The molecular weight excluding hydrogens is 240 g/mol. The van der Waals surface area contributed by atoms with E-state index >= 15 is 0 Å². The standard InChI is InChI=1S/C12H16.C8H10/c1-12(2,3)10-9-11-7-5-4-6-8-11;1-7-5-3-4-6-8(7)2/h4-10H,1-3H3;3-6H,1-2H3. The zero-order chi connectivity index (χ0) is 15.0. The van der Waals surface area contributed by atoms with Gasteiger partial charge in [0.25, 0.3) is 0 Å². The number of hydrogen-bond acceptors (Lipinski definition) is 0. The van der Waals surface area contributed by atoms with E-state index in [2.05, 4.69) is 95.3 Å². The van der Waals surface area contributed by atoms with Crippen LogP contribution in [0.25, 0.3) is 6.08 Å². The summed E-state index contributed by atoms with van der Waals surface area (Å²) < 4.78 is 0. The molecule has 2 aromatic rings. The van der Waals surface area contributed by atoms with E-state index in [0.29, 0.717) is 0 Å². The summed E-state index contributed by atoms with van der Waals surface area (Å²) >= 11 is 0. The van der Waals surface area contributed by atoms with Gasteiger partial charge in [0.1, 0.15) is 0 Å². The van der Waals surface area contributed by atoms with Crippen LogP contribution in [-0.4, -0.2) is 0 Å². The smallest absolute Gasteiger partial charge is 0.0200 e. The van der Waals surface area contributed by atoms with Gasteiger partial charge in [-0.05, 0) is 36.0 Å². The van der Waals surface area contributed by atoms with Crippen LogP contribution in [0.1, 0.15) is 37.5 Å². The Labute approximate surface area is 124 Å². The third kappa shape index (κ3) is 6.94. The highest BCUT2D eigenvalue weighted by Crippen LogP contribution is 2.16. The van der Waals surface area contributed by atoms with Crippen molar-refractivity contribution in [1.29, 1.82) is 0 Å². The molecule has 0 atom stereocenters. The van der Waals surface area contributed by atoms with Gasteiger partial charge in [-0.15, -0.1) is 0 Å². The molecule has 0 nitrogen and oxygen atoms in total. The lowest BCUT2D eigenvalue weighted by Crippen LogP contribution is -1.97. The Hall–Kier alpha value is -1.82. The first kappa shape index (κ1) is 16.2. The van der Waals surface area contributed by atoms with Crippen LogP contribution in [0, 0.1) is 19.3 Å². The Morgan fingerprint density at radius 2 is 1.15 bits per heavy atom. The number of rotatable bonds is 1. The summed E-state index contributed by atoms with van der Waals surface area (Å²) in [4.78, 5) is 0. The van der Waals surface area contributed by atoms with Crippen molar-refractivity contribution in [2.24, 2.45) is 5.41 Å². The van der Waals surface area contributed by atoms with Crippen LogP contribution in [-0.2, 0) is 0 Å². The van der Waals surface area contributed by atoms with Gasteiger partial charge in [0.2, 0.25) is 0 Å². The molecule has 0 unspecified atom stereocenters. The van der Waals surface area contributed by atoms with E-state index in [0.717, 1.165) is 0 Å². The highest BCUT2D eigenvalue weighted by Gasteiger charge is 2.02. The molecule has 20 heavy (non-hydrogen) atoms. The molecule has 0 spiro atoms. The third-order valence-electron chi connectivity index (χ3n) is 3.00. The maximum Gasteiger partial charge on any atom is -0.0200 e. The molecular formula is C20H26. The van der Waals surface area contributed by atoms with E-state index in [1.807, 2.05) is 6.07 Å². The van der Waals surface area contributed by atoms with Crippen LogP contribution in [0.2, 0.25) is 0 Å². The minimum absolute atomic E-state index is 0.274. The van der Waals surface area contributed by atoms with Crippen LogP contribution >= 0.6 is 0 Å². The molecule has 0 aliphatic heterocycles. The summed E-state index contributed by atoms with van der Waals surface area (Å²) in [6.45, 7) is 10.8. The number of allylic oxidation sites excluding steroid dienone is 1. The predicted octanol–water partition coefficient (Wildman–Crippen LogP) is 6.05. The van der Waals surface area contributed by atoms with Gasteiger partial charge in [0.05, 0.1) is 0 Å². The SMILES string of the molecule is CC(C)(C)C=Cc1ccccc1.Cc1ccccc1C. The maximum absolute atomic E-state index is 2.22. The van der Waals surface area contributed by atoms with Gasteiger partial charge in [0, 0.05) is 0 Å². The number of hydrogen-bond donors (Lipinski definition) is 0. The van der Waals surface area contributed by atoms with Crippen LogP contribution in [0.4, 0.5) is 0 Å². The van der Waals surface area contributed by atoms with Crippen molar-refractivity contribution in [3.63, 3.8) is 0 Å². The largest absolute Gasteiger partial charge is 0.0785 e. The van der Waals surface area contributed by atoms with Crippen LogP contribution in [0.15, 0.2) is 60.7 Å². The minimum atomic E-state index is 0.274.